The smallest absolute Gasteiger partial charge is 0.311 e. The van der Waals surface area contributed by atoms with E-state index in [1.165, 1.54) is 7.11 Å². The van der Waals surface area contributed by atoms with E-state index in [-0.39, 0.29) is 11.9 Å². The minimum Gasteiger partial charge on any atom is -0.469 e. The molecule has 0 saturated carbocycles. The number of carbonyl (C=O) groups excluding carboxylic acids is 2. The molecule has 0 aromatic heterocycles. The van der Waals surface area contributed by atoms with Crippen molar-refractivity contribution in [2.75, 3.05) is 41.4 Å². The zero-order valence-electron chi connectivity index (χ0n) is 17.2. The van der Waals surface area contributed by atoms with Crippen LogP contribution < -0.4 is 0 Å². The minimum absolute atomic E-state index is 0.221. The molecular weight excluding hydrogens is 306 g/mol. The van der Waals surface area contributed by atoms with Crippen molar-refractivity contribution in [1.29, 1.82) is 0 Å². The molecule has 0 fully saturated rings. The van der Waals surface area contributed by atoms with Crippen LogP contribution in [-0.2, 0) is 19.1 Å². The van der Waals surface area contributed by atoms with Crippen LogP contribution in [0.2, 0.25) is 0 Å². The second kappa shape index (κ2) is 8.84. The average molecular weight is 345 g/mol. The van der Waals surface area contributed by atoms with E-state index in [0.29, 0.717) is 25.4 Å². The third kappa shape index (κ3) is 7.20. The first kappa shape index (κ1) is 22.9. The van der Waals surface area contributed by atoms with Gasteiger partial charge in [0.05, 0.1) is 52.2 Å². The summed E-state index contributed by atoms with van der Waals surface area (Å²) in [7, 11) is 7.85. The predicted molar refractivity (Wildman–Crippen MR) is 96.5 cm³/mol. The van der Waals surface area contributed by atoms with E-state index in [0.717, 1.165) is 17.4 Å². The van der Waals surface area contributed by atoms with Crippen LogP contribution in [0.15, 0.2) is 0 Å². The molecule has 0 aromatic rings. The van der Waals surface area contributed by atoms with Crippen molar-refractivity contribution in [3.05, 3.63) is 0 Å². The highest BCUT2D eigenvalue weighted by Gasteiger charge is 2.45. The molecule has 0 N–H and O–H groups in total. The van der Waals surface area contributed by atoms with Crippen LogP contribution in [0.5, 0.6) is 0 Å². The highest BCUT2D eigenvalue weighted by Crippen LogP contribution is 2.41. The third-order valence-electron chi connectivity index (χ3n) is 4.46. The number of hydrogen-bond donors (Lipinski definition) is 0. The summed E-state index contributed by atoms with van der Waals surface area (Å²) in [5.41, 5.74) is -1.44. The number of carbonyl (C=O) groups is 2. The van der Waals surface area contributed by atoms with Crippen molar-refractivity contribution in [3.63, 3.8) is 0 Å². The number of rotatable bonds is 10. The minimum atomic E-state index is -0.731. The monoisotopic (exact) mass is 344 g/mol. The lowest BCUT2D eigenvalue weighted by Crippen LogP contribution is -2.44. The molecule has 0 aromatic carbocycles. The highest BCUT2D eigenvalue weighted by atomic mass is 16.5. The van der Waals surface area contributed by atoms with E-state index in [1.807, 2.05) is 27.7 Å². The van der Waals surface area contributed by atoms with Gasteiger partial charge in [-0.15, -0.1) is 0 Å². The van der Waals surface area contributed by atoms with Crippen LogP contribution in [0.25, 0.3) is 0 Å². The SMILES string of the molecule is CCOC(=O)C(C)(CC(CC)C[N+](C)(C)C)CC(C)(C)C(=O)OC. The quantitative estimate of drug-likeness (QED) is 0.451. The summed E-state index contributed by atoms with van der Waals surface area (Å²) < 4.78 is 11.1. The molecule has 0 bridgehead atoms. The van der Waals surface area contributed by atoms with Gasteiger partial charge in [0.25, 0.3) is 0 Å². The molecule has 2 atom stereocenters. The fourth-order valence-corrected chi connectivity index (χ4v) is 3.61. The summed E-state index contributed by atoms with van der Waals surface area (Å²) in [6, 6.07) is 0. The van der Waals surface area contributed by atoms with E-state index in [1.54, 1.807) is 0 Å². The lowest BCUT2D eigenvalue weighted by atomic mass is 9.69. The maximum atomic E-state index is 12.7. The van der Waals surface area contributed by atoms with E-state index >= 15 is 0 Å². The van der Waals surface area contributed by atoms with Crippen molar-refractivity contribution in [2.45, 2.75) is 53.9 Å². The molecule has 5 heteroatoms. The number of esters is 2. The summed E-state index contributed by atoms with van der Waals surface area (Å²) in [6.45, 7) is 10.9. The Morgan fingerprint density at radius 2 is 1.58 bits per heavy atom. The molecular formula is C19H38NO4+. The Labute approximate surface area is 148 Å². The lowest BCUT2D eigenvalue weighted by molar-refractivity contribution is -0.874. The molecule has 0 radical (unpaired) electrons. The number of methoxy groups -OCH3 is 1. The molecule has 0 aliphatic carbocycles. The van der Waals surface area contributed by atoms with Crippen LogP contribution in [0.4, 0.5) is 0 Å². The Morgan fingerprint density at radius 1 is 1.04 bits per heavy atom. The Bertz CT molecular complexity index is 426. The van der Waals surface area contributed by atoms with E-state index in [2.05, 4.69) is 28.1 Å². The summed E-state index contributed by atoms with van der Waals surface area (Å²) in [5.74, 6) is -0.132. The second-order valence-electron chi connectivity index (χ2n) is 8.78. The highest BCUT2D eigenvalue weighted by molar-refractivity contribution is 5.80. The number of hydrogen-bond acceptors (Lipinski definition) is 4. The Morgan fingerprint density at radius 3 is 1.96 bits per heavy atom. The molecule has 5 nitrogen and oxygen atoms in total. The first-order chi connectivity index (χ1) is 10.8. The number of nitrogens with zero attached hydrogens (tertiary/aromatic N) is 1. The molecule has 0 rings (SSSR count). The van der Waals surface area contributed by atoms with Crippen molar-refractivity contribution < 1.29 is 23.5 Å². The molecule has 0 heterocycles. The predicted octanol–water partition coefficient (Wildman–Crippen LogP) is 3.27. The van der Waals surface area contributed by atoms with Crippen molar-refractivity contribution in [2.24, 2.45) is 16.7 Å². The molecule has 24 heavy (non-hydrogen) atoms. The largest absolute Gasteiger partial charge is 0.469 e. The summed E-state index contributed by atoms with van der Waals surface area (Å²) >= 11 is 0. The zero-order valence-corrected chi connectivity index (χ0v) is 17.2. The Hall–Kier alpha value is -1.10. The topological polar surface area (TPSA) is 52.6 Å². The fourth-order valence-electron chi connectivity index (χ4n) is 3.61. The molecule has 0 saturated heterocycles. The molecule has 142 valence electrons. The Kier molecular flexibility index (Phi) is 8.43. The van der Waals surface area contributed by atoms with Gasteiger partial charge in [0.2, 0.25) is 0 Å². The van der Waals surface area contributed by atoms with Gasteiger partial charge < -0.3 is 14.0 Å². The van der Waals surface area contributed by atoms with Gasteiger partial charge in [0.1, 0.15) is 0 Å². The van der Waals surface area contributed by atoms with E-state index in [9.17, 15) is 9.59 Å². The summed E-state index contributed by atoms with van der Waals surface area (Å²) in [5, 5.41) is 0. The van der Waals surface area contributed by atoms with E-state index < -0.39 is 10.8 Å². The molecule has 2 unspecified atom stereocenters. The van der Waals surface area contributed by atoms with Gasteiger partial charge in [-0.1, -0.05) is 6.92 Å². The molecule has 0 amide bonds. The van der Waals surface area contributed by atoms with Gasteiger partial charge in [-0.25, -0.2) is 0 Å². The zero-order chi connectivity index (χ0) is 19.2. The van der Waals surface area contributed by atoms with E-state index in [4.69, 9.17) is 9.47 Å². The number of ether oxygens (including phenoxy) is 2. The Balaban J connectivity index is 5.49. The molecule has 0 aliphatic rings. The first-order valence-corrected chi connectivity index (χ1v) is 8.87. The van der Waals surface area contributed by atoms with Gasteiger partial charge in [-0.3, -0.25) is 9.59 Å². The fraction of sp³-hybridized carbons (Fsp3) is 0.895. The average Bonchev–Trinajstić information content (AvgIpc) is 2.43. The first-order valence-electron chi connectivity index (χ1n) is 8.87. The normalized spacial score (nSPS) is 16.2. The maximum absolute atomic E-state index is 12.7. The maximum Gasteiger partial charge on any atom is 0.311 e. The lowest BCUT2D eigenvalue weighted by Gasteiger charge is -2.38. The summed E-state index contributed by atoms with van der Waals surface area (Å²) in [6.07, 6.45) is 2.11. The van der Waals surface area contributed by atoms with Gasteiger partial charge in [0.15, 0.2) is 0 Å². The molecule has 0 spiro atoms. The van der Waals surface area contributed by atoms with Crippen molar-refractivity contribution >= 4 is 11.9 Å². The van der Waals surface area contributed by atoms with Gasteiger partial charge in [0, 0.05) is 5.92 Å². The third-order valence-corrected chi connectivity index (χ3v) is 4.46. The van der Waals surface area contributed by atoms with Crippen LogP contribution in [0, 0.1) is 16.7 Å². The van der Waals surface area contributed by atoms with Crippen LogP contribution in [-0.4, -0.2) is 57.8 Å². The standard InChI is InChI=1S/C19H38NO4/c1-10-15(13-20(6,7)8)12-19(5,17(22)24-11-2)14-18(3,4)16(21)23-9/h15H,10-14H2,1-9H3/q+1. The number of quaternary nitrogens is 1. The van der Waals surface area contributed by atoms with Crippen LogP contribution in [0.3, 0.4) is 0 Å². The van der Waals surface area contributed by atoms with Gasteiger partial charge in [-0.2, -0.15) is 0 Å². The summed E-state index contributed by atoms with van der Waals surface area (Å²) in [4.78, 5) is 24.8. The van der Waals surface area contributed by atoms with Crippen molar-refractivity contribution in [1.82, 2.24) is 0 Å². The van der Waals surface area contributed by atoms with Crippen LogP contribution >= 0.6 is 0 Å². The van der Waals surface area contributed by atoms with Crippen molar-refractivity contribution in [3.8, 4) is 0 Å². The molecule has 0 aliphatic heterocycles. The second-order valence-corrected chi connectivity index (χ2v) is 8.78. The van der Waals surface area contributed by atoms with Crippen LogP contribution in [0.1, 0.15) is 53.9 Å². The van der Waals surface area contributed by atoms with Gasteiger partial charge >= 0.3 is 11.9 Å². The van der Waals surface area contributed by atoms with Gasteiger partial charge in [-0.05, 0) is 47.0 Å².